The van der Waals surface area contributed by atoms with Crippen molar-refractivity contribution in [1.29, 1.82) is 0 Å². The summed E-state index contributed by atoms with van der Waals surface area (Å²) in [6.45, 7) is 2.48. The van der Waals surface area contributed by atoms with Gasteiger partial charge in [0.2, 0.25) is 5.91 Å². The van der Waals surface area contributed by atoms with Gasteiger partial charge in [-0.2, -0.15) is 0 Å². The molecule has 0 bridgehead atoms. The van der Waals surface area contributed by atoms with Gasteiger partial charge in [-0.3, -0.25) is 9.69 Å². The van der Waals surface area contributed by atoms with Crippen molar-refractivity contribution in [2.75, 3.05) is 26.2 Å². The van der Waals surface area contributed by atoms with Crippen LogP contribution >= 0.6 is 0 Å². The number of nitrogens with zero attached hydrogens (tertiary/aromatic N) is 1. The molecule has 1 aliphatic carbocycles. The fourth-order valence-electron chi connectivity index (χ4n) is 3.43. The molecule has 0 spiro atoms. The van der Waals surface area contributed by atoms with Gasteiger partial charge in [0.1, 0.15) is 0 Å². The lowest BCUT2D eigenvalue weighted by Crippen LogP contribution is -2.44. The van der Waals surface area contributed by atoms with Gasteiger partial charge in [0.15, 0.2) is 0 Å². The Morgan fingerprint density at radius 3 is 2.73 bits per heavy atom. The molecule has 1 aliphatic heterocycles. The topological polar surface area (TPSA) is 52.6 Å². The monoisotopic (exact) mass is 302 g/mol. The second-order valence-corrected chi connectivity index (χ2v) is 6.72. The number of aliphatic hydroxyl groups excluding tert-OH is 1. The number of likely N-dealkylation sites (tertiary alicyclic amines) is 1. The summed E-state index contributed by atoms with van der Waals surface area (Å²) in [6, 6.07) is 10.4. The van der Waals surface area contributed by atoms with Gasteiger partial charge in [-0.1, -0.05) is 30.3 Å². The van der Waals surface area contributed by atoms with Crippen LogP contribution < -0.4 is 5.32 Å². The largest absolute Gasteiger partial charge is 0.396 e. The summed E-state index contributed by atoms with van der Waals surface area (Å²) >= 11 is 0. The molecule has 1 saturated heterocycles. The van der Waals surface area contributed by atoms with E-state index in [4.69, 9.17) is 0 Å². The van der Waals surface area contributed by atoms with Crippen molar-refractivity contribution in [3.63, 3.8) is 0 Å². The molecule has 0 radical (unpaired) electrons. The van der Waals surface area contributed by atoms with Crippen LogP contribution in [0.4, 0.5) is 0 Å². The smallest absolute Gasteiger partial charge is 0.234 e. The Balaban J connectivity index is 1.55. The number of benzene rings is 1. The lowest BCUT2D eigenvalue weighted by Gasteiger charge is -2.31. The number of hydrogen-bond acceptors (Lipinski definition) is 3. The van der Waals surface area contributed by atoms with Crippen molar-refractivity contribution < 1.29 is 9.90 Å². The summed E-state index contributed by atoms with van der Waals surface area (Å²) < 4.78 is 0. The van der Waals surface area contributed by atoms with Crippen LogP contribution in [-0.4, -0.2) is 42.2 Å². The van der Waals surface area contributed by atoms with E-state index in [1.807, 2.05) is 18.2 Å². The predicted octanol–water partition coefficient (Wildman–Crippen LogP) is 1.96. The number of nitrogens with one attached hydrogen (secondary N) is 1. The van der Waals surface area contributed by atoms with E-state index >= 15 is 0 Å². The maximum absolute atomic E-state index is 12.4. The van der Waals surface area contributed by atoms with Gasteiger partial charge in [-0.15, -0.1) is 0 Å². The molecule has 1 heterocycles. The molecule has 0 aromatic heterocycles. The van der Waals surface area contributed by atoms with Crippen LogP contribution in [0.15, 0.2) is 30.3 Å². The van der Waals surface area contributed by atoms with Crippen LogP contribution in [-0.2, 0) is 4.79 Å². The Bertz CT molecular complexity index is 487. The summed E-state index contributed by atoms with van der Waals surface area (Å²) in [5, 5.41) is 12.5. The number of hydrogen-bond donors (Lipinski definition) is 2. The van der Waals surface area contributed by atoms with Gasteiger partial charge in [-0.05, 0) is 49.6 Å². The Labute approximate surface area is 132 Å². The molecule has 4 nitrogen and oxygen atoms in total. The van der Waals surface area contributed by atoms with E-state index in [0.717, 1.165) is 25.9 Å². The third-order valence-corrected chi connectivity index (χ3v) is 4.80. The maximum atomic E-state index is 12.4. The van der Waals surface area contributed by atoms with Gasteiger partial charge in [0.25, 0.3) is 0 Å². The molecule has 2 N–H and O–H groups in total. The molecule has 1 saturated carbocycles. The van der Waals surface area contributed by atoms with E-state index in [1.54, 1.807) is 0 Å². The van der Waals surface area contributed by atoms with E-state index in [9.17, 15) is 9.90 Å². The number of carbonyl (C=O) groups is 1. The highest BCUT2D eigenvalue weighted by molar-refractivity contribution is 5.78. The molecule has 1 aromatic rings. The van der Waals surface area contributed by atoms with Gasteiger partial charge in [0.05, 0.1) is 12.6 Å². The highest BCUT2D eigenvalue weighted by Crippen LogP contribution is 2.40. The minimum Gasteiger partial charge on any atom is -0.396 e. The average molecular weight is 302 g/mol. The molecule has 3 rings (SSSR count). The minimum absolute atomic E-state index is 0.111. The van der Waals surface area contributed by atoms with Crippen molar-refractivity contribution in [1.82, 2.24) is 10.2 Å². The molecule has 2 unspecified atom stereocenters. The third-order valence-electron chi connectivity index (χ3n) is 4.80. The summed E-state index contributed by atoms with van der Waals surface area (Å²) in [4.78, 5) is 14.6. The van der Waals surface area contributed by atoms with E-state index in [0.29, 0.717) is 18.4 Å². The molecule has 4 heteroatoms. The van der Waals surface area contributed by atoms with Crippen molar-refractivity contribution in [3.05, 3.63) is 35.9 Å². The molecule has 2 fully saturated rings. The van der Waals surface area contributed by atoms with Crippen molar-refractivity contribution in [2.24, 2.45) is 11.8 Å². The lowest BCUT2D eigenvalue weighted by molar-refractivity contribution is -0.123. The average Bonchev–Trinajstić information content (AvgIpc) is 3.38. The number of aliphatic hydroxyl groups is 1. The van der Waals surface area contributed by atoms with Gasteiger partial charge in [0, 0.05) is 13.2 Å². The fourth-order valence-corrected chi connectivity index (χ4v) is 3.43. The Kier molecular flexibility index (Phi) is 5.11. The van der Waals surface area contributed by atoms with E-state index in [1.165, 1.54) is 18.4 Å². The van der Waals surface area contributed by atoms with Crippen LogP contribution in [0.3, 0.4) is 0 Å². The summed E-state index contributed by atoms with van der Waals surface area (Å²) in [5.74, 6) is 1.03. The maximum Gasteiger partial charge on any atom is 0.234 e. The molecule has 120 valence electrons. The number of piperidine rings is 1. The normalized spacial score (nSPS) is 24.0. The molecule has 1 amide bonds. The van der Waals surface area contributed by atoms with Crippen LogP contribution in [0.1, 0.15) is 37.3 Å². The lowest BCUT2D eigenvalue weighted by atomic mass is 9.99. The Hall–Kier alpha value is -1.39. The first kappa shape index (κ1) is 15.5. The first-order chi connectivity index (χ1) is 10.8. The van der Waals surface area contributed by atoms with Crippen LogP contribution in [0, 0.1) is 11.8 Å². The predicted molar refractivity (Wildman–Crippen MR) is 86.3 cm³/mol. The number of rotatable bonds is 6. The first-order valence-corrected chi connectivity index (χ1v) is 8.44. The number of carbonyl (C=O) groups excluding carboxylic acids is 1. The summed E-state index contributed by atoms with van der Waals surface area (Å²) in [7, 11) is 0. The second kappa shape index (κ2) is 7.25. The van der Waals surface area contributed by atoms with Gasteiger partial charge < -0.3 is 10.4 Å². The Morgan fingerprint density at radius 2 is 2.05 bits per heavy atom. The first-order valence-electron chi connectivity index (χ1n) is 8.44. The molecule has 2 aliphatic rings. The van der Waals surface area contributed by atoms with E-state index < -0.39 is 0 Å². The van der Waals surface area contributed by atoms with Crippen molar-refractivity contribution >= 4 is 5.91 Å². The summed E-state index contributed by atoms with van der Waals surface area (Å²) in [6.07, 6.45) is 4.55. The molecule has 22 heavy (non-hydrogen) atoms. The highest BCUT2D eigenvalue weighted by atomic mass is 16.3. The quantitative estimate of drug-likeness (QED) is 0.844. The van der Waals surface area contributed by atoms with Gasteiger partial charge >= 0.3 is 0 Å². The third kappa shape index (κ3) is 4.08. The van der Waals surface area contributed by atoms with Crippen LogP contribution in [0.25, 0.3) is 0 Å². The van der Waals surface area contributed by atoms with Crippen molar-refractivity contribution in [2.45, 2.75) is 31.7 Å². The molecule has 1 aromatic carbocycles. The molecular weight excluding hydrogens is 276 g/mol. The minimum atomic E-state index is 0.111. The van der Waals surface area contributed by atoms with E-state index in [2.05, 4.69) is 22.3 Å². The summed E-state index contributed by atoms with van der Waals surface area (Å²) in [5.41, 5.74) is 1.21. The standard InChI is InChI=1S/C18H26N2O2/c21-13-14-5-4-10-20(11-14)12-17(22)19-18(16-8-9-16)15-6-2-1-3-7-15/h1-3,6-7,14,16,18,21H,4-5,8-13H2,(H,19,22). The van der Waals surface area contributed by atoms with E-state index in [-0.39, 0.29) is 18.6 Å². The Morgan fingerprint density at radius 1 is 1.27 bits per heavy atom. The van der Waals surface area contributed by atoms with Crippen LogP contribution in [0.2, 0.25) is 0 Å². The van der Waals surface area contributed by atoms with Gasteiger partial charge in [-0.25, -0.2) is 0 Å². The number of amides is 1. The van der Waals surface area contributed by atoms with Crippen LogP contribution in [0.5, 0.6) is 0 Å². The zero-order chi connectivity index (χ0) is 15.4. The zero-order valence-corrected chi connectivity index (χ0v) is 13.1. The van der Waals surface area contributed by atoms with Crippen molar-refractivity contribution in [3.8, 4) is 0 Å². The zero-order valence-electron chi connectivity index (χ0n) is 13.1. The fraction of sp³-hybridized carbons (Fsp3) is 0.611. The highest BCUT2D eigenvalue weighted by Gasteiger charge is 2.33. The molecule has 2 atom stereocenters. The molecular formula is C18H26N2O2. The second-order valence-electron chi connectivity index (χ2n) is 6.72. The SMILES string of the molecule is O=C(CN1CCCC(CO)C1)NC(c1ccccc1)C1CC1.